The van der Waals surface area contributed by atoms with E-state index in [1.165, 1.54) is 83.5 Å². The molecule has 0 aliphatic carbocycles. The van der Waals surface area contributed by atoms with Gasteiger partial charge in [-0.1, -0.05) is 141 Å². The Morgan fingerprint density at radius 3 is 1.58 bits per heavy atom. The van der Waals surface area contributed by atoms with Crippen LogP contribution in [-0.2, 0) is 14.3 Å². The first kappa shape index (κ1) is 51.6. The Morgan fingerprint density at radius 2 is 1.07 bits per heavy atom. The van der Waals surface area contributed by atoms with E-state index in [1.807, 2.05) is 0 Å². The molecule has 1 aliphatic heterocycles. The molecule has 324 valence electrons. The molecule has 0 aromatic rings. The molecule has 9 atom stereocenters. The van der Waals surface area contributed by atoms with Crippen LogP contribution in [0.15, 0.2) is 24.3 Å². The second-order valence-electron chi connectivity index (χ2n) is 15.8. The Balaban J connectivity index is 2.44. The van der Waals surface area contributed by atoms with E-state index < -0.39 is 74.2 Å². The van der Waals surface area contributed by atoms with Crippen LogP contribution in [0, 0.1) is 0 Å². The third-order valence-corrected chi connectivity index (χ3v) is 10.7. The van der Waals surface area contributed by atoms with Crippen molar-refractivity contribution in [3.8, 4) is 0 Å². The number of carbonyl (C=O) groups excluding carboxylic acids is 1. The summed E-state index contributed by atoms with van der Waals surface area (Å²) in [7, 11) is 0. The Labute approximate surface area is 334 Å². The normalized spacial score (nSPS) is 22.7. The Bertz CT molecular complexity index is 950. The van der Waals surface area contributed by atoms with Crippen LogP contribution >= 0.6 is 0 Å². The largest absolute Gasteiger partial charge is 0.394 e. The van der Waals surface area contributed by atoms with Crippen molar-refractivity contribution >= 4 is 5.91 Å². The summed E-state index contributed by atoms with van der Waals surface area (Å²) in [6, 6.07) is -1.18. The standard InChI is InChI=1S/C44H83NO10/c1-3-5-7-9-11-13-14-15-16-17-18-19-20-21-22-24-26-28-30-32-37(48)43(53)45-35(34-54-44-42(52)41(51)40(50)38(33-46)55-44)39(49)36(47)31-29-27-25-23-12-10-8-6-4-2/h18-19,23,25,35-42,44,46-52H,3-17,20-22,24,26-34H2,1-2H3,(H,45,53)/b19-18-,25-23+. The molecule has 0 aromatic carbocycles. The quantitative estimate of drug-likeness (QED) is 0.0252. The molecule has 1 aliphatic rings. The minimum atomic E-state index is -1.67. The first-order valence-electron chi connectivity index (χ1n) is 22.2. The van der Waals surface area contributed by atoms with E-state index in [1.54, 1.807) is 0 Å². The van der Waals surface area contributed by atoms with E-state index in [0.717, 1.165) is 57.8 Å². The highest BCUT2D eigenvalue weighted by Gasteiger charge is 2.44. The molecular formula is C44H83NO10. The third kappa shape index (κ3) is 24.9. The van der Waals surface area contributed by atoms with Gasteiger partial charge in [0.2, 0.25) is 5.91 Å². The van der Waals surface area contributed by atoms with Gasteiger partial charge in [0, 0.05) is 0 Å². The number of carbonyl (C=O) groups is 1. The number of rotatable bonds is 36. The summed E-state index contributed by atoms with van der Waals surface area (Å²) in [6.45, 7) is 3.36. The van der Waals surface area contributed by atoms with Gasteiger partial charge >= 0.3 is 0 Å². The first-order valence-corrected chi connectivity index (χ1v) is 22.2. The highest BCUT2D eigenvalue weighted by Crippen LogP contribution is 2.23. The van der Waals surface area contributed by atoms with Gasteiger partial charge in [0.1, 0.15) is 36.6 Å². The maximum atomic E-state index is 13.0. The number of allylic oxidation sites excluding steroid dienone is 4. The molecule has 0 bridgehead atoms. The number of aliphatic hydroxyl groups excluding tert-OH is 7. The van der Waals surface area contributed by atoms with E-state index >= 15 is 0 Å². The molecule has 0 aromatic heterocycles. The fourth-order valence-electron chi connectivity index (χ4n) is 6.96. The average molecular weight is 786 g/mol. The van der Waals surface area contributed by atoms with Crippen molar-refractivity contribution in [2.45, 2.75) is 236 Å². The molecule has 1 saturated heterocycles. The Kier molecular flexibility index (Phi) is 32.5. The minimum absolute atomic E-state index is 0.247. The molecule has 0 radical (unpaired) electrons. The van der Waals surface area contributed by atoms with Gasteiger partial charge in [-0.2, -0.15) is 0 Å². The van der Waals surface area contributed by atoms with Crippen LogP contribution in [0.1, 0.15) is 181 Å². The van der Waals surface area contributed by atoms with Gasteiger partial charge in [-0.3, -0.25) is 4.79 Å². The fraction of sp³-hybridized carbons (Fsp3) is 0.886. The molecule has 1 rings (SSSR count). The molecule has 1 amide bonds. The molecule has 11 nitrogen and oxygen atoms in total. The van der Waals surface area contributed by atoms with Crippen molar-refractivity contribution in [1.82, 2.24) is 5.32 Å². The van der Waals surface area contributed by atoms with Crippen LogP contribution < -0.4 is 5.32 Å². The molecule has 1 heterocycles. The number of ether oxygens (including phenoxy) is 2. The summed E-state index contributed by atoms with van der Waals surface area (Å²) in [6.07, 6.45) is 25.4. The summed E-state index contributed by atoms with van der Waals surface area (Å²) in [5, 5.41) is 75.3. The lowest BCUT2D eigenvalue weighted by molar-refractivity contribution is -0.303. The number of amides is 1. The third-order valence-electron chi connectivity index (χ3n) is 10.7. The van der Waals surface area contributed by atoms with Crippen molar-refractivity contribution in [1.29, 1.82) is 0 Å². The van der Waals surface area contributed by atoms with Crippen LogP contribution in [0.2, 0.25) is 0 Å². The van der Waals surface area contributed by atoms with Crippen molar-refractivity contribution < 1.29 is 50.0 Å². The van der Waals surface area contributed by atoms with Gasteiger partial charge in [0.15, 0.2) is 6.29 Å². The lowest BCUT2D eigenvalue weighted by atomic mass is 9.98. The van der Waals surface area contributed by atoms with Crippen molar-refractivity contribution in [3.05, 3.63) is 24.3 Å². The predicted octanol–water partition coefficient (Wildman–Crippen LogP) is 6.67. The summed E-state index contributed by atoms with van der Waals surface area (Å²) >= 11 is 0. The number of hydrogen-bond donors (Lipinski definition) is 8. The first-order chi connectivity index (χ1) is 26.7. The predicted molar refractivity (Wildman–Crippen MR) is 219 cm³/mol. The van der Waals surface area contributed by atoms with Crippen LogP contribution in [0.4, 0.5) is 0 Å². The molecular weight excluding hydrogens is 702 g/mol. The van der Waals surface area contributed by atoms with Crippen LogP contribution in [0.3, 0.4) is 0 Å². The van der Waals surface area contributed by atoms with Crippen molar-refractivity contribution in [2.24, 2.45) is 0 Å². The highest BCUT2D eigenvalue weighted by atomic mass is 16.7. The van der Waals surface area contributed by atoms with E-state index in [0.29, 0.717) is 12.8 Å². The topological polar surface area (TPSA) is 189 Å². The number of aliphatic hydroxyl groups is 7. The molecule has 55 heavy (non-hydrogen) atoms. The zero-order valence-corrected chi connectivity index (χ0v) is 34.7. The Hall–Kier alpha value is -1.41. The van der Waals surface area contributed by atoms with Gasteiger partial charge in [-0.15, -0.1) is 0 Å². The summed E-state index contributed by atoms with van der Waals surface area (Å²) in [5.74, 6) is -0.714. The molecule has 11 heteroatoms. The second-order valence-corrected chi connectivity index (χ2v) is 15.8. The number of hydrogen-bond acceptors (Lipinski definition) is 10. The lowest BCUT2D eigenvalue weighted by Crippen LogP contribution is -2.60. The molecule has 9 unspecified atom stereocenters. The maximum Gasteiger partial charge on any atom is 0.249 e. The van der Waals surface area contributed by atoms with Gasteiger partial charge in [-0.25, -0.2) is 0 Å². The van der Waals surface area contributed by atoms with E-state index in [2.05, 4.69) is 43.5 Å². The molecule has 0 spiro atoms. The second kappa shape index (κ2) is 34.6. The summed E-state index contributed by atoms with van der Waals surface area (Å²) < 4.78 is 11.0. The van der Waals surface area contributed by atoms with Crippen molar-refractivity contribution in [2.75, 3.05) is 13.2 Å². The highest BCUT2D eigenvalue weighted by molar-refractivity contribution is 5.80. The maximum absolute atomic E-state index is 13.0. The van der Waals surface area contributed by atoms with Crippen LogP contribution in [0.25, 0.3) is 0 Å². The molecule has 1 fully saturated rings. The zero-order chi connectivity index (χ0) is 40.5. The minimum Gasteiger partial charge on any atom is -0.394 e. The number of unbranched alkanes of at least 4 members (excludes halogenated alkanes) is 20. The molecule has 0 saturated carbocycles. The number of nitrogens with one attached hydrogen (secondary N) is 1. The molecule has 8 N–H and O–H groups in total. The van der Waals surface area contributed by atoms with E-state index in [4.69, 9.17) is 9.47 Å². The zero-order valence-electron chi connectivity index (χ0n) is 34.7. The van der Waals surface area contributed by atoms with E-state index in [-0.39, 0.29) is 12.8 Å². The lowest BCUT2D eigenvalue weighted by Gasteiger charge is -2.40. The Morgan fingerprint density at radius 1 is 0.618 bits per heavy atom. The smallest absolute Gasteiger partial charge is 0.249 e. The van der Waals surface area contributed by atoms with Crippen LogP contribution in [-0.4, -0.2) is 110 Å². The van der Waals surface area contributed by atoms with Gasteiger partial charge in [0.25, 0.3) is 0 Å². The van der Waals surface area contributed by atoms with Crippen LogP contribution in [0.5, 0.6) is 0 Å². The van der Waals surface area contributed by atoms with Gasteiger partial charge in [0.05, 0.1) is 25.4 Å². The SMILES string of the molecule is CCCCCC/C=C/CCCC(O)C(O)C(COC1OC(CO)C(O)C(O)C1O)NC(=O)C(O)CCCCCCCC/C=C\CCCCCCCCCCC. The fourth-order valence-corrected chi connectivity index (χ4v) is 6.96. The van der Waals surface area contributed by atoms with E-state index in [9.17, 15) is 40.5 Å². The monoisotopic (exact) mass is 786 g/mol. The van der Waals surface area contributed by atoms with Crippen molar-refractivity contribution in [3.63, 3.8) is 0 Å². The summed E-state index contributed by atoms with van der Waals surface area (Å²) in [5.41, 5.74) is 0. The van der Waals surface area contributed by atoms with Gasteiger partial charge in [-0.05, 0) is 64.2 Å². The summed E-state index contributed by atoms with van der Waals surface area (Å²) in [4.78, 5) is 13.0. The average Bonchev–Trinajstić information content (AvgIpc) is 3.18. The van der Waals surface area contributed by atoms with Gasteiger partial charge < -0.3 is 50.5 Å².